The van der Waals surface area contributed by atoms with Gasteiger partial charge in [0.05, 0.1) is 30.2 Å². The van der Waals surface area contributed by atoms with E-state index < -0.39 is 12.0 Å². The van der Waals surface area contributed by atoms with E-state index in [1.807, 2.05) is 56.3 Å². The second-order valence-corrected chi connectivity index (χ2v) is 10.3. The van der Waals surface area contributed by atoms with Crippen molar-refractivity contribution in [1.29, 1.82) is 0 Å². The molecular formula is C30H30F2N4O2. The smallest absolute Gasteiger partial charge is 0.320 e. The van der Waals surface area contributed by atoms with Crippen LogP contribution in [0.2, 0.25) is 0 Å². The summed E-state index contributed by atoms with van der Waals surface area (Å²) >= 11 is 0. The lowest BCUT2D eigenvalue weighted by atomic mass is 9.93. The average molecular weight is 517 g/mol. The Morgan fingerprint density at radius 1 is 1.05 bits per heavy atom. The molecule has 0 spiro atoms. The molecule has 2 aliphatic rings. The number of benzene rings is 3. The van der Waals surface area contributed by atoms with Gasteiger partial charge in [0.1, 0.15) is 18.2 Å². The van der Waals surface area contributed by atoms with Gasteiger partial charge in [-0.3, -0.25) is 0 Å². The molecule has 1 saturated heterocycles. The third-order valence-electron chi connectivity index (χ3n) is 7.54. The van der Waals surface area contributed by atoms with Crippen molar-refractivity contribution in [1.82, 2.24) is 19.8 Å². The minimum absolute atomic E-state index is 0.0122. The largest absolute Gasteiger partial charge is 0.491 e. The number of rotatable bonds is 2. The number of aryl methyl sites for hydroxylation is 2. The Morgan fingerprint density at radius 2 is 1.87 bits per heavy atom. The first kappa shape index (κ1) is 24.4. The number of H-pyrrole nitrogens is 1. The highest BCUT2D eigenvalue weighted by atomic mass is 19.3. The number of aromatic amines is 1. The van der Waals surface area contributed by atoms with Gasteiger partial charge in [-0.2, -0.15) is 0 Å². The number of hydrogen-bond acceptors (Lipinski definition) is 3. The fourth-order valence-electron chi connectivity index (χ4n) is 5.68. The van der Waals surface area contributed by atoms with Crippen LogP contribution in [-0.2, 0) is 6.54 Å². The van der Waals surface area contributed by atoms with Crippen LogP contribution in [0.15, 0.2) is 60.7 Å². The monoisotopic (exact) mass is 516 g/mol. The molecule has 3 aromatic carbocycles. The van der Waals surface area contributed by atoms with Crippen molar-refractivity contribution < 1.29 is 18.3 Å². The van der Waals surface area contributed by atoms with Crippen molar-refractivity contribution in [2.24, 2.45) is 0 Å². The second-order valence-electron chi connectivity index (χ2n) is 10.3. The van der Waals surface area contributed by atoms with Crippen LogP contribution in [0, 0.1) is 13.8 Å². The van der Waals surface area contributed by atoms with E-state index in [9.17, 15) is 13.6 Å². The van der Waals surface area contributed by atoms with Crippen LogP contribution >= 0.6 is 0 Å². The summed E-state index contributed by atoms with van der Waals surface area (Å²) in [5.41, 5.74) is 6.57. The highest BCUT2D eigenvalue weighted by Gasteiger charge is 2.43. The number of carbonyl (C=O) groups is 1. The Morgan fingerprint density at radius 3 is 2.68 bits per heavy atom. The SMILES string of the molecule is Cc1nc2ccc(-c3cc(C)c4c(c3)CN(C(=O)N3CCC(F)(F)CC3c3ccccc3)CCO4)cc2[nH]1. The number of hydrogen-bond donors (Lipinski definition) is 1. The summed E-state index contributed by atoms with van der Waals surface area (Å²) in [6.07, 6.45) is -0.704. The first-order chi connectivity index (χ1) is 18.3. The number of likely N-dealkylation sites (tertiary alicyclic amines) is 1. The Kier molecular flexibility index (Phi) is 6.05. The number of carbonyl (C=O) groups excluding carboxylic acids is 1. The molecule has 3 heterocycles. The topological polar surface area (TPSA) is 61.5 Å². The Balaban J connectivity index is 1.31. The van der Waals surface area contributed by atoms with Crippen LogP contribution in [-0.4, -0.2) is 51.4 Å². The van der Waals surface area contributed by atoms with Gasteiger partial charge >= 0.3 is 6.03 Å². The van der Waals surface area contributed by atoms with Gasteiger partial charge in [0.2, 0.25) is 0 Å². The Bertz CT molecular complexity index is 1500. The number of amides is 2. The number of fused-ring (bicyclic) bond motifs is 2. The molecule has 6 nitrogen and oxygen atoms in total. The molecule has 1 N–H and O–H groups in total. The van der Waals surface area contributed by atoms with Crippen molar-refractivity contribution in [2.45, 2.75) is 45.2 Å². The number of urea groups is 1. The predicted molar refractivity (Wildman–Crippen MR) is 142 cm³/mol. The Labute approximate surface area is 220 Å². The van der Waals surface area contributed by atoms with Crippen LogP contribution in [0.25, 0.3) is 22.2 Å². The molecule has 38 heavy (non-hydrogen) atoms. The molecule has 8 heteroatoms. The van der Waals surface area contributed by atoms with Crippen molar-refractivity contribution in [3.05, 3.63) is 83.2 Å². The molecule has 1 atom stereocenters. The average Bonchev–Trinajstić information content (AvgIpc) is 3.13. The molecular weight excluding hydrogens is 486 g/mol. The number of alkyl halides is 2. The van der Waals surface area contributed by atoms with E-state index in [4.69, 9.17) is 4.74 Å². The molecule has 0 aliphatic carbocycles. The van der Waals surface area contributed by atoms with E-state index in [0.717, 1.165) is 50.4 Å². The molecule has 0 saturated carbocycles. The maximum atomic E-state index is 14.5. The standard InChI is InChI=1S/C30H30F2N4O2/c1-19-14-23(22-8-9-25-26(16-22)34-20(2)33-25)15-24-18-35(12-13-38-28(19)24)29(37)36-11-10-30(31,32)17-27(36)21-6-4-3-5-7-21/h3-9,14-16,27H,10-13,17-18H2,1-2H3,(H,33,34). The lowest BCUT2D eigenvalue weighted by Gasteiger charge is -2.41. The summed E-state index contributed by atoms with van der Waals surface area (Å²) in [5.74, 6) is -1.15. The molecule has 1 unspecified atom stereocenters. The van der Waals surface area contributed by atoms with Gasteiger partial charge in [0.15, 0.2) is 0 Å². The molecule has 0 bridgehead atoms. The maximum Gasteiger partial charge on any atom is 0.320 e. The normalized spacial score (nSPS) is 19.1. The minimum Gasteiger partial charge on any atom is -0.491 e. The fraction of sp³-hybridized carbons (Fsp3) is 0.333. The molecule has 2 amide bonds. The molecule has 0 radical (unpaired) electrons. The summed E-state index contributed by atoms with van der Waals surface area (Å²) < 4.78 is 35.0. The zero-order valence-corrected chi connectivity index (χ0v) is 21.5. The third-order valence-corrected chi connectivity index (χ3v) is 7.54. The van der Waals surface area contributed by atoms with Gasteiger partial charge in [-0.05, 0) is 60.4 Å². The Hall–Kier alpha value is -3.94. The van der Waals surface area contributed by atoms with E-state index in [1.54, 1.807) is 9.80 Å². The molecule has 196 valence electrons. The number of aromatic nitrogens is 2. The van der Waals surface area contributed by atoms with Crippen LogP contribution < -0.4 is 4.74 Å². The summed E-state index contributed by atoms with van der Waals surface area (Å²) in [6, 6.07) is 18.5. The lowest BCUT2D eigenvalue weighted by Crippen LogP contribution is -2.50. The van der Waals surface area contributed by atoms with E-state index in [0.29, 0.717) is 19.7 Å². The summed E-state index contributed by atoms with van der Waals surface area (Å²) in [5, 5.41) is 0. The lowest BCUT2D eigenvalue weighted by molar-refractivity contribution is -0.0710. The zero-order valence-electron chi connectivity index (χ0n) is 21.5. The predicted octanol–water partition coefficient (Wildman–Crippen LogP) is 6.63. The number of imidazole rings is 1. The van der Waals surface area contributed by atoms with Crippen LogP contribution in [0.4, 0.5) is 13.6 Å². The van der Waals surface area contributed by atoms with Gasteiger partial charge < -0.3 is 19.5 Å². The molecule has 2 aliphatic heterocycles. The van der Waals surface area contributed by atoms with E-state index in [1.165, 1.54) is 0 Å². The molecule has 1 fully saturated rings. The van der Waals surface area contributed by atoms with Gasteiger partial charge in [0.25, 0.3) is 5.92 Å². The van der Waals surface area contributed by atoms with E-state index in [-0.39, 0.29) is 25.4 Å². The number of nitrogens with one attached hydrogen (secondary N) is 1. The van der Waals surface area contributed by atoms with Crippen molar-refractivity contribution >= 4 is 17.1 Å². The molecule has 6 rings (SSSR count). The van der Waals surface area contributed by atoms with Crippen LogP contribution in [0.5, 0.6) is 5.75 Å². The van der Waals surface area contributed by atoms with E-state index in [2.05, 4.69) is 28.2 Å². The first-order valence-electron chi connectivity index (χ1n) is 13.0. The van der Waals surface area contributed by atoms with E-state index >= 15 is 0 Å². The van der Waals surface area contributed by atoms with Crippen LogP contribution in [0.1, 0.15) is 41.4 Å². The molecule has 4 aromatic rings. The molecule has 1 aromatic heterocycles. The second kappa shape index (κ2) is 9.42. The van der Waals surface area contributed by atoms with Gasteiger partial charge in [-0.1, -0.05) is 36.4 Å². The summed E-state index contributed by atoms with van der Waals surface area (Å²) in [4.78, 5) is 25.0. The summed E-state index contributed by atoms with van der Waals surface area (Å²) in [7, 11) is 0. The first-order valence-corrected chi connectivity index (χ1v) is 13.0. The number of ether oxygens (including phenoxy) is 1. The number of piperidine rings is 1. The minimum atomic E-state index is -2.80. The van der Waals surface area contributed by atoms with Crippen molar-refractivity contribution in [3.63, 3.8) is 0 Å². The van der Waals surface area contributed by atoms with Crippen molar-refractivity contribution in [3.8, 4) is 16.9 Å². The van der Waals surface area contributed by atoms with Gasteiger partial charge in [0, 0.05) is 24.9 Å². The summed E-state index contributed by atoms with van der Waals surface area (Å²) in [6.45, 7) is 5.03. The highest BCUT2D eigenvalue weighted by Crippen LogP contribution is 2.41. The third kappa shape index (κ3) is 4.59. The fourth-order valence-corrected chi connectivity index (χ4v) is 5.68. The van der Waals surface area contributed by atoms with Gasteiger partial charge in [-0.25, -0.2) is 18.6 Å². The number of halogens is 2. The van der Waals surface area contributed by atoms with Crippen LogP contribution in [0.3, 0.4) is 0 Å². The van der Waals surface area contributed by atoms with Gasteiger partial charge in [-0.15, -0.1) is 0 Å². The quantitative estimate of drug-likeness (QED) is 0.325. The maximum absolute atomic E-state index is 14.5. The zero-order chi connectivity index (χ0) is 26.4. The highest BCUT2D eigenvalue weighted by molar-refractivity contribution is 5.83. The van der Waals surface area contributed by atoms with Crippen molar-refractivity contribution in [2.75, 3.05) is 19.7 Å². The number of nitrogens with zero attached hydrogens (tertiary/aromatic N) is 3.